The standard InChI is InChI=1S/C17H36N4O/c1-15-6-8-16(9-7-15)14-20-17(18-2)19-10-12-21(3)11-5-13-22-4/h15-16H,5-14H2,1-4H3,(H2,18,19,20). The Morgan fingerprint density at radius 2 is 1.91 bits per heavy atom. The molecule has 22 heavy (non-hydrogen) atoms. The zero-order chi connectivity index (χ0) is 16.2. The minimum Gasteiger partial charge on any atom is -0.385 e. The van der Waals surface area contributed by atoms with E-state index < -0.39 is 0 Å². The molecule has 5 heteroatoms. The summed E-state index contributed by atoms with van der Waals surface area (Å²) in [5, 5.41) is 6.89. The molecule has 0 heterocycles. The Kier molecular flexibility index (Phi) is 10.2. The maximum atomic E-state index is 5.08. The minimum atomic E-state index is 0.812. The molecule has 0 aliphatic heterocycles. The molecule has 0 aromatic carbocycles. The molecule has 1 rings (SSSR count). The van der Waals surface area contributed by atoms with Crippen molar-refractivity contribution in [3.63, 3.8) is 0 Å². The Morgan fingerprint density at radius 1 is 1.18 bits per heavy atom. The van der Waals surface area contributed by atoms with Gasteiger partial charge >= 0.3 is 0 Å². The van der Waals surface area contributed by atoms with Gasteiger partial charge in [-0.1, -0.05) is 19.8 Å². The molecule has 0 aromatic heterocycles. The highest BCUT2D eigenvalue weighted by Crippen LogP contribution is 2.27. The van der Waals surface area contributed by atoms with Crippen LogP contribution in [0.4, 0.5) is 0 Å². The average molecular weight is 313 g/mol. The minimum absolute atomic E-state index is 0.812. The van der Waals surface area contributed by atoms with Gasteiger partial charge in [-0.15, -0.1) is 0 Å². The van der Waals surface area contributed by atoms with E-state index in [0.29, 0.717) is 0 Å². The first-order chi connectivity index (χ1) is 10.7. The number of hydrogen-bond acceptors (Lipinski definition) is 3. The van der Waals surface area contributed by atoms with Crippen LogP contribution in [0.5, 0.6) is 0 Å². The SMILES string of the molecule is CN=C(NCCN(C)CCCOC)NCC1CCC(C)CC1. The number of aliphatic imine (C=N–C) groups is 1. The van der Waals surface area contributed by atoms with Gasteiger partial charge in [-0.25, -0.2) is 0 Å². The second-order valence-corrected chi connectivity index (χ2v) is 6.66. The Hall–Kier alpha value is -0.810. The molecule has 5 nitrogen and oxygen atoms in total. The van der Waals surface area contributed by atoms with Crippen molar-refractivity contribution < 1.29 is 4.74 Å². The molecule has 1 aliphatic rings. The third kappa shape index (κ3) is 8.59. The van der Waals surface area contributed by atoms with Crippen molar-refractivity contribution in [1.29, 1.82) is 0 Å². The number of likely N-dealkylation sites (N-methyl/N-ethyl adjacent to an activating group) is 1. The lowest BCUT2D eigenvalue weighted by Gasteiger charge is -2.27. The van der Waals surface area contributed by atoms with Gasteiger partial charge in [-0.2, -0.15) is 0 Å². The topological polar surface area (TPSA) is 48.9 Å². The molecule has 0 radical (unpaired) electrons. The van der Waals surface area contributed by atoms with Gasteiger partial charge in [0.15, 0.2) is 5.96 Å². The summed E-state index contributed by atoms with van der Waals surface area (Å²) < 4.78 is 5.08. The van der Waals surface area contributed by atoms with E-state index in [-0.39, 0.29) is 0 Å². The second-order valence-electron chi connectivity index (χ2n) is 6.66. The molecular weight excluding hydrogens is 276 g/mol. The van der Waals surface area contributed by atoms with Gasteiger partial charge in [0, 0.05) is 46.9 Å². The van der Waals surface area contributed by atoms with Crippen LogP contribution in [0.25, 0.3) is 0 Å². The summed E-state index contributed by atoms with van der Waals surface area (Å²) in [4.78, 5) is 6.64. The van der Waals surface area contributed by atoms with Gasteiger partial charge in [-0.05, 0) is 38.1 Å². The molecular formula is C17H36N4O. The molecule has 1 fully saturated rings. The third-order valence-corrected chi connectivity index (χ3v) is 4.59. The van der Waals surface area contributed by atoms with Crippen LogP contribution in [0.1, 0.15) is 39.0 Å². The number of nitrogens with zero attached hydrogens (tertiary/aromatic N) is 2. The number of ether oxygens (including phenoxy) is 1. The zero-order valence-corrected chi connectivity index (χ0v) is 15.0. The Morgan fingerprint density at radius 3 is 2.55 bits per heavy atom. The lowest BCUT2D eigenvalue weighted by molar-refractivity contribution is 0.180. The summed E-state index contributed by atoms with van der Waals surface area (Å²) in [5.41, 5.74) is 0. The number of methoxy groups -OCH3 is 1. The first-order valence-corrected chi connectivity index (χ1v) is 8.77. The van der Waals surface area contributed by atoms with Crippen molar-refractivity contribution in [1.82, 2.24) is 15.5 Å². The fraction of sp³-hybridized carbons (Fsp3) is 0.941. The van der Waals surface area contributed by atoms with Crippen LogP contribution in [-0.2, 0) is 4.74 Å². The van der Waals surface area contributed by atoms with E-state index in [9.17, 15) is 0 Å². The molecule has 1 saturated carbocycles. The summed E-state index contributed by atoms with van der Waals surface area (Å²) in [7, 11) is 5.75. The zero-order valence-electron chi connectivity index (χ0n) is 15.0. The molecule has 0 aromatic rings. The Labute approximate surface area is 136 Å². The quantitative estimate of drug-likeness (QED) is 0.388. The highest BCUT2D eigenvalue weighted by molar-refractivity contribution is 5.79. The number of nitrogens with one attached hydrogen (secondary N) is 2. The van der Waals surface area contributed by atoms with Gasteiger partial charge in [0.2, 0.25) is 0 Å². The maximum absolute atomic E-state index is 5.08. The fourth-order valence-corrected chi connectivity index (χ4v) is 2.95. The summed E-state index contributed by atoms with van der Waals surface area (Å²) in [6.07, 6.45) is 6.55. The highest BCUT2D eigenvalue weighted by atomic mass is 16.5. The second kappa shape index (κ2) is 11.7. The van der Waals surface area contributed by atoms with E-state index in [1.807, 2.05) is 7.05 Å². The van der Waals surface area contributed by atoms with Crippen molar-refractivity contribution in [2.45, 2.75) is 39.0 Å². The van der Waals surface area contributed by atoms with Crippen LogP contribution in [-0.4, -0.2) is 64.9 Å². The smallest absolute Gasteiger partial charge is 0.191 e. The number of hydrogen-bond donors (Lipinski definition) is 2. The van der Waals surface area contributed by atoms with Gasteiger partial charge in [0.1, 0.15) is 0 Å². The van der Waals surface area contributed by atoms with Gasteiger partial charge in [0.05, 0.1) is 0 Å². The van der Waals surface area contributed by atoms with E-state index in [4.69, 9.17) is 4.74 Å². The lowest BCUT2D eigenvalue weighted by Crippen LogP contribution is -2.43. The van der Waals surface area contributed by atoms with Crippen LogP contribution >= 0.6 is 0 Å². The van der Waals surface area contributed by atoms with E-state index >= 15 is 0 Å². The highest BCUT2D eigenvalue weighted by Gasteiger charge is 2.18. The maximum Gasteiger partial charge on any atom is 0.191 e. The monoisotopic (exact) mass is 312 g/mol. The predicted octanol–water partition coefficient (Wildman–Crippen LogP) is 1.95. The molecule has 1 aliphatic carbocycles. The third-order valence-electron chi connectivity index (χ3n) is 4.59. The van der Waals surface area contributed by atoms with Gasteiger partial charge < -0.3 is 20.3 Å². The summed E-state index contributed by atoms with van der Waals surface area (Å²) >= 11 is 0. The van der Waals surface area contributed by atoms with Crippen LogP contribution in [0.15, 0.2) is 4.99 Å². The summed E-state index contributed by atoms with van der Waals surface area (Å²) in [6.45, 7) is 7.27. The number of rotatable bonds is 9. The molecule has 0 atom stereocenters. The molecule has 0 unspecified atom stereocenters. The molecule has 0 bridgehead atoms. The first-order valence-electron chi connectivity index (χ1n) is 8.77. The summed E-state index contributed by atoms with van der Waals surface area (Å²) in [5.74, 6) is 2.66. The normalized spacial score (nSPS) is 22.9. The molecule has 0 saturated heterocycles. The van der Waals surface area contributed by atoms with Crippen LogP contribution < -0.4 is 10.6 Å². The first kappa shape index (κ1) is 19.2. The van der Waals surface area contributed by atoms with Crippen molar-refractivity contribution in [2.24, 2.45) is 16.8 Å². The van der Waals surface area contributed by atoms with E-state index in [1.54, 1.807) is 7.11 Å². The van der Waals surface area contributed by atoms with Crippen LogP contribution in [0.3, 0.4) is 0 Å². The lowest BCUT2D eigenvalue weighted by atomic mass is 9.83. The van der Waals surface area contributed by atoms with Crippen LogP contribution in [0.2, 0.25) is 0 Å². The molecule has 130 valence electrons. The molecule has 0 spiro atoms. The average Bonchev–Trinajstić information content (AvgIpc) is 2.52. The van der Waals surface area contributed by atoms with Crippen LogP contribution in [0, 0.1) is 11.8 Å². The summed E-state index contributed by atoms with van der Waals surface area (Å²) in [6, 6.07) is 0. The Bertz CT molecular complexity index is 301. The van der Waals surface area contributed by atoms with Crippen molar-refractivity contribution in [3.05, 3.63) is 0 Å². The Balaban J connectivity index is 2.09. The van der Waals surface area contributed by atoms with E-state index in [2.05, 4.69) is 34.5 Å². The van der Waals surface area contributed by atoms with Gasteiger partial charge in [-0.3, -0.25) is 4.99 Å². The van der Waals surface area contributed by atoms with Crippen molar-refractivity contribution in [2.75, 3.05) is 54.0 Å². The van der Waals surface area contributed by atoms with E-state index in [1.165, 1.54) is 25.7 Å². The molecule has 2 N–H and O–H groups in total. The number of guanidine groups is 1. The van der Waals surface area contributed by atoms with Gasteiger partial charge in [0.25, 0.3) is 0 Å². The van der Waals surface area contributed by atoms with E-state index in [0.717, 1.165) is 57.0 Å². The largest absolute Gasteiger partial charge is 0.385 e. The molecule has 0 amide bonds. The fourth-order valence-electron chi connectivity index (χ4n) is 2.95. The van der Waals surface area contributed by atoms with Crippen molar-refractivity contribution in [3.8, 4) is 0 Å². The van der Waals surface area contributed by atoms with Crippen molar-refractivity contribution >= 4 is 5.96 Å². The predicted molar refractivity (Wildman–Crippen MR) is 94.5 cm³/mol.